The van der Waals surface area contributed by atoms with Crippen LogP contribution in [-0.2, 0) is 0 Å². The summed E-state index contributed by atoms with van der Waals surface area (Å²) in [6.07, 6.45) is 0. The van der Waals surface area contributed by atoms with E-state index in [1.54, 1.807) is 0 Å². The van der Waals surface area contributed by atoms with Gasteiger partial charge in [-0.3, -0.25) is 0 Å². The average molecular weight is 1390 g/mol. The molecule has 104 heavy (non-hydrogen) atoms. The van der Waals surface area contributed by atoms with Gasteiger partial charge < -0.3 is 10.0 Å². The zero-order chi connectivity index (χ0) is 69.6. The Balaban J connectivity index is 0.000000122. The van der Waals surface area contributed by atoms with E-state index >= 15 is 0 Å². The third-order valence-corrected chi connectivity index (χ3v) is 21.4. The Bertz CT molecular complexity index is 6590. The number of halogens is 1. The van der Waals surface area contributed by atoms with E-state index in [2.05, 4.69) is 368 Å². The zero-order valence-corrected chi connectivity index (χ0v) is 58.4. The van der Waals surface area contributed by atoms with E-state index in [9.17, 15) is 10.0 Å². The Hall–Kier alpha value is -12.5. The summed E-state index contributed by atoms with van der Waals surface area (Å²) in [6, 6.07) is 139. The van der Waals surface area contributed by atoms with Crippen molar-refractivity contribution in [3.8, 4) is 77.9 Å². The standard InChI is InChI=1S/C50H32.C30H21BO2.C20H13Br/c1-3-17-39-33(12-1)14-10-23-40(39)35-26-28-36(29-27-35)49-45-19-5-7-21-47(45)50(48-22-8-6-20-46(48)49)38-16-9-15-37(32-38)42-24-11-25-43-41-18-4-2-13-34(41)30-31-44(42)43;32-31(33)30-27-13-5-3-11-25(27)29(26-12-4-6-14-28(26)30)22-18-16-21(17-19-22)24-15-7-9-20-8-1-2-10-23(20)24;21-16-7-3-6-15(13-16)18-9-4-10-19-17-8-2-1-5-14(17)11-12-20(18)19/h1-32H;1-19,32-33H;1-13H. The van der Waals surface area contributed by atoms with Crippen molar-refractivity contribution in [2.45, 2.75) is 0 Å². The topological polar surface area (TPSA) is 40.5 Å². The lowest BCUT2D eigenvalue weighted by Crippen LogP contribution is -2.31. The van der Waals surface area contributed by atoms with Crippen LogP contribution in [0.25, 0.3) is 186 Å². The van der Waals surface area contributed by atoms with Gasteiger partial charge in [-0.2, -0.15) is 0 Å². The monoisotopic (exact) mass is 1390 g/mol. The van der Waals surface area contributed by atoms with Crippen molar-refractivity contribution in [2.75, 3.05) is 0 Å². The highest BCUT2D eigenvalue weighted by Crippen LogP contribution is 2.46. The first-order valence-corrected chi connectivity index (χ1v) is 36.2. The van der Waals surface area contributed by atoms with Crippen molar-refractivity contribution in [1.82, 2.24) is 0 Å². The smallest absolute Gasteiger partial charge is 0.423 e. The predicted octanol–water partition coefficient (Wildman–Crippen LogP) is 26.7. The van der Waals surface area contributed by atoms with Crippen molar-refractivity contribution in [3.05, 3.63) is 393 Å². The largest absolute Gasteiger partial charge is 0.489 e. The lowest BCUT2D eigenvalue weighted by Gasteiger charge is -2.18. The molecule has 0 aliphatic rings. The van der Waals surface area contributed by atoms with Crippen molar-refractivity contribution < 1.29 is 10.0 Å². The number of hydrogen-bond donors (Lipinski definition) is 2. The maximum atomic E-state index is 10.2. The minimum Gasteiger partial charge on any atom is -0.423 e. The van der Waals surface area contributed by atoms with Gasteiger partial charge in [0.25, 0.3) is 0 Å². The van der Waals surface area contributed by atoms with Crippen LogP contribution in [0.1, 0.15) is 0 Å². The summed E-state index contributed by atoms with van der Waals surface area (Å²) in [5.74, 6) is 0. The van der Waals surface area contributed by atoms with E-state index in [-0.39, 0.29) is 0 Å². The van der Waals surface area contributed by atoms with Crippen molar-refractivity contribution in [1.29, 1.82) is 0 Å². The Morgan fingerprint density at radius 2 is 0.442 bits per heavy atom. The molecule has 2 N–H and O–H groups in total. The van der Waals surface area contributed by atoms with Crippen LogP contribution in [-0.4, -0.2) is 17.2 Å². The second kappa shape index (κ2) is 27.4. The van der Waals surface area contributed by atoms with Crippen LogP contribution >= 0.6 is 15.9 Å². The molecule has 0 fully saturated rings. The van der Waals surface area contributed by atoms with Crippen LogP contribution in [0.2, 0.25) is 0 Å². The molecule has 0 heterocycles. The van der Waals surface area contributed by atoms with Gasteiger partial charge in [0.1, 0.15) is 0 Å². The van der Waals surface area contributed by atoms with Gasteiger partial charge in [0, 0.05) is 4.47 Å². The Kier molecular flexibility index (Phi) is 16.8. The molecule has 0 radical (unpaired) electrons. The molecule has 0 amide bonds. The molecule has 20 aromatic carbocycles. The van der Waals surface area contributed by atoms with Crippen LogP contribution in [0.5, 0.6) is 0 Å². The first kappa shape index (κ1) is 63.6. The van der Waals surface area contributed by atoms with E-state index in [1.807, 2.05) is 36.4 Å². The fourth-order valence-corrected chi connectivity index (χ4v) is 16.6. The Morgan fingerprint density at radius 1 is 0.173 bits per heavy atom. The van der Waals surface area contributed by atoms with E-state index in [0.29, 0.717) is 5.46 Å². The lowest BCUT2D eigenvalue weighted by molar-refractivity contribution is 0.426. The van der Waals surface area contributed by atoms with E-state index in [4.69, 9.17) is 0 Å². The highest BCUT2D eigenvalue weighted by Gasteiger charge is 2.23. The Labute approximate surface area is 612 Å². The van der Waals surface area contributed by atoms with Crippen LogP contribution in [0.15, 0.2) is 393 Å². The van der Waals surface area contributed by atoms with E-state index < -0.39 is 7.12 Å². The molecule has 0 spiro atoms. The molecule has 4 heteroatoms. The summed E-state index contributed by atoms with van der Waals surface area (Å²) in [5.41, 5.74) is 17.7. The summed E-state index contributed by atoms with van der Waals surface area (Å²) in [5, 5.41) is 44.5. The molecule has 488 valence electrons. The fraction of sp³-hybridized carbons (Fsp3) is 0. The first-order chi connectivity index (χ1) is 51.4. The van der Waals surface area contributed by atoms with Crippen molar-refractivity contribution in [3.63, 3.8) is 0 Å². The molecule has 0 saturated carbocycles. The second-order valence-corrected chi connectivity index (χ2v) is 27.7. The summed E-state index contributed by atoms with van der Waals surface area (Å²) < 4.78 is 1.11. The molecular formula is C100H66BBrO2. The zero-order valence-electron chi connectivity index (χ0n) is 56.8. The fourth-order valence-electron chi connectivity index (χ4n) is 16.2. The lowest BCUT2D eigenvalue weighted by atomic mass is 9.72. The average Bonchev–Trinajstić information content (AvgIpc) is 0.742. The highest BCUT2D eigenvalue weighted by atomic mass is 79.9. The number of rotatable bonds is 8. The van der Waals surface area contributed by atoms with Gasteiger partial charge in [-0.05, 0) is 209 Å². The maximum absolute atomic E-state index is 10.2. The maximum Gasteiger partial charge on any atom is 0.489 e. The number of hydrogen-bond acceptors (Lipinski definition) is 2. The molecule has 20 aromatic rings. The summed E-state index contributed by atoms with van der Waals surface area (Å²) in [6.45, 7) is 0. The van der Waals surface area contributed by atoms with Gasteiger partial charge in [-0.15, -0.1) is 0 Å². The van der Waals surface area contributed by atoms with Crippen LogP contribution < -0.4 is 5.46 Å². The first-order valence-electron chi connectivity index (χ1n) is 35.4. The molecule has 0 aliphatic heterocycles. The minimum absolute atomic E-state index is 0.553. The van der Waals surface area contributed by atoms with Gasteiger partial charge in [-0.25, -0.2) is 0 Å². The quantitative estimate of drug-likeness (QED) is 0.0904. The van der Waals surface area contributed by atoms with Gasteiger partial charge in [0.15, 0.2) is 0 Å². The number of benzene rings is 20. The second-order valence-electron chi connectivity index (χ2n) is 26.8. The van der Waals surface area contributed by atoms with Crippen molar-refractivity contribution >= 4 is 136 Å². The molecule has 0 saturated heterocycles. The molecule has 0 atom stereocenters. The van der Waals surface area contributed by atoms with Gasteiger partial charge in [0.2, 0.25) is 0 Å². The molecular weight excluding hydrogens is 1320 g/mol. The molecule has 2 nitrogen and oxygen atoms in total. The summed E-state index contributed by atoms with van der Waals surface area (Å²) in [4.78, 5) is 0. The highest BCUT2D eigenvalue weighted by molar-refractivity contribution is 9.10. The molecule has 0 unspecified atom stereocenters. The van der Waals surface area contributed by atoms with Crippen LogP contribution in [0, 0.1) is 0 Å². The Morgan fingerprint density at radius 3 is 0.846 bits per heavy atom. The molecule has 0 aliphatic carbocycles. The van der Waals surface area contributed by atoms with E-state index in [0.717, 1.165) is 37.1 Å². The summed E-state index contributed by atoms with van der Waals surface area (Å²) >= 11 is 3.56. The summed E-state index contributed by atoms with van der Waals surface area (Å²) in [7, 11) is -1.54. The molecule has 0 bridgehead atoms. The molecule has 20 rings (SSSR count). The third kappa shape index (κ3) is 11.6. The minimum atomic E-state index is -1.54. The van der Waals surface area contributed by atoms with Gasteiger partial charge in [-0.1, -0.05) is 386 Å². The van der Waals surface area contributed by atoms with Gasteiger partial charge in [0.05, 0.1) is 0 Å². The van der Waals surface area contributed by atoms with Crippen LogP contribution in [0.4, 0.5) is 0 Å². The molecule has 0 aromatic heterocycles. The van der Waals surface area contributed by atoms with Gasteiger partial charge >= 0.3 is 7.12 Å². The van der Waals surface area contributed by atoms with Crippen molar-refractivity contribution in [2.24, 2.45) is 0 Å². The number of fused-ring (bicyclic) bond motifs is 12. The van der Waals surface area contributed by atoms with E-state index in [1.165, 1.54) is 153 Å². The van der Waals surface area contributed by atoms with Crippen LogP contribution in [0.3, 0.4) is 0 Å². The normalized spacial score (nSPS) is 11.4. The SMILES string of the molecule is Brc1cccc(-c2cccc3c2ccc2ccccc23)c1.OB(O)c1c2ccccc2c(-c2ccc(-c3cccc4ccccc34)cc2)c2ccccc12.c1cc(-c2c3ccccc3c(-c3ccc(-c4cccc5ccccc45)cc3)c3ccccc23)cc(-c2cccc3c2ccc2ccccc23)c1. The predicted molar refractivity (Wildman–Crippen MR) is 450 cm³/mol. The third-order valence-electron chi connectivity index (χ3n) is 20.9.